The van der Waals surface area contributed by atoms with Crippen LogP contribution in [0.1, 0.15) is 60.8 Å². The predicted molar refractivity (Wildman–Crippen MR) is 99.3 cm³/mol. The second kappa shape index (κ2) is 6.36. The quantitative estimate of drug-likeness (QED) is 0.760. The van der Waals surface area contributed by atoms with Crippen LogP contribution in [0.15, 0.2) is 36.7 Å². The number of carbonyl (C=O) groups excluding carboxylic acids is 1. The Morgan fingerprint density at radius 3 is 2.62 bits per heavy atom. The molecule has 134 valence electrons. The lowest BCUT2D eigenvalue weighted by atomic mass is 9.71. The van der Waals surface area contributed by atoms with E-state index in [1.165, 1.54) is 6.33 Å². The van der Waals surface area contributed by atoms with Crippen molar-refractivity contribution >= 4 is 23.3 Å². The molecule has 3 aromatic rings. The van der Waals surface area contributed by atoms with Crippen LogP contribution in [0.25, 0.3) is 5.78 Å². The molecule has 1 saturated carbocycles. The summed E-state index contributed by atoms with van der Waals surface area (Å²) in [6.45, 7) is 4.11. The molecule has 0 aliphatic heterocycles. The maximum Gasteiger partial charge on any atom is 0.270 e. The van der Waals surface area contributed by atoms with Gasteiger partial charge < -0.3 is 5.32 Å². The van der Waals surface area contributed by atoms with Crippen LogP contribution in [0.2, 0.25) is 5.02 Å². The molecule has 0 spiro atoms. The summed E-state index contributed by atoms with van der Waals surface area (Å²) in [6, 6.07) is 9.49. The van der Waals surface area contributed by atoms with Crippen molar-refractivity contribution in [3.8, 4) is 0 Å². The second-order valence-corrected chi connectivity index (χ2v) is 7.53. The highest BCUT2D eigenvalue weighted by atomic mass is 35.5. The summed E-state index contributed by atoms with van der Waals surface area (Å²) >= 11 is 6.00. The monoisotopic (exact) mass is 369 g/mol. The molecule has 2 aromatic heterocycles. The van der Waals surface area contributed by atoms with Gasteiger partial charge in [0.1, 0.15) is 12.0 Å². The van der Waals surface area contributed by atoms with Gasteiger partial charge in [-0.15, -0.1) is 0 Å². The van der Waals surface area contributed by atoms with Gasteiger partial charge in [-0.1, -0.05) is 37.6 Å². The van der Waals surface area contributed by atoms with Crippen LogP contribution in [-0.2, 0) is 5.54 Å². The van der Waals surface area contributed by atoms with E-state index >= 15 is 0 Å². The molecule has 0 unspecified atom stereocenters. The van der Waals surface area contributed by atoms with Gasteiger partial charge in [-0.3, -0.25) is 4.79 Å². The second-order valence-electron chi connectivity index (χ2n) is 7.09. The van der Waals surface area contributed by atoms with Crippen molar-refractivity contribution in [3.05, 3.63) is 58.6 Å². The SMILES string of the molecule is CC(C)c1cc(C(=O)NC2(c3ccc(Cl)cc3)CCC2)nc2ncnn12. The highest BCUT2D eigenvalue weighted by Crippen LogP contribution is 2.41. The molecule has 1 amide bonds. The Morgan fingerprint density at radius 1 is 1.27 bits per heavy atom. The lowest BCUT2D eigenvalue weighted by Crippen LogP contribution is -2.51. The molecule has 1 aliphatic rings. The summed E-state index contributed by atoms with van der Waals surface area (Å²) in [7, 11) is 0. The van der Waals surface area contributed by atoms with Gasteiger partial charge >= 0.3 is 0 Å². The highest BCUT2D eigenvalue weighted by Gasteiger charge is 2.40. The van der Waals surface area contributed by atoms with E-state index < -0.39 is 0 Å². The van der Waals surface area contributed by atoms with Gasteiger partial charge in [0.05, 0.1) is 11.2 Å². The third-order valence-corrected chi connectivity index (χ3v) is 5.31. The van der Waals surface area contributed by atoms with Crippen LogP contribution in [0.5, 0.6) is 0 Å². The molecule has 0 atom stereocenters. The number of nitrogens with one attached hydrogen (secondary N) is 1. The van der Waals surface area contributed by atoms with E-state index in [1.807, 2.05) is 24.3 Å². The van der Waals surface area contributed by atoms with Gasteiger partial charge in [-0.25, -0.2) is 9.50 Å². The number of nitrogens with zero attached hydrogens (tertiary/aromatic N) is 4. The van der Waals surface area contributed by atoms with E-state index in [0.717, 1.165) is 30.5 Å². The molecule has 1 aromatic carbocycles. The van der Waals surface area contributed by atoms with E-state index in [0.29, 0.717) is 16.5 Å². The van der Waals surface area contributed by atoms with Gasteiger partial charge in [0.25, 0.3) is 11.7 Å². The topological polar surface area (TPSA) is 72.2 Å². The first-order valence-corrected chi connectivity index (χ1v) is 9.15. The van der Waals surface area contributed by atoms with Crippen molar-refractivity contribution in [1.82, 2.24) is 24.9 Å². The van der Waals surface area contributed by atoms with Gasteiger partial charge in [0.15, 0.2) is 0 Å². The first-order valence-electron chi connectivity index (χ1n) is 8.78. The van der Waals surface area contributed by atoms with Crippen LogP contribution in [0.3, 0.4) is 0 Å². The number of aromatic nitrogens is 4. The third-order valence-electron chi connectivity index (χ3n) is 5.06. The molecule has 1 aliphatic carbocycles. The molecular formula is C19H20ClN5O. The van der Waals surface area contributed by atoms with Gasteiger partial charge in [-0.2, -0.15) is 10.1 Å². The fourth-order valence-electron chi connectivity index (χ4n) is 3.43. The Hall–Kier alpha value is -2.47. The third kappa shape index (κ3) is 2.84. The number of carbonyl (C=O) groups is 1. The van der Waals surface area contributed by atoms with Crippen molar-refractivity contribution in [1.29, 1.82) is 0 Å². The minimum Gasteiger partial charge on any atom is -0.341 e. The number of amides is 1. The average molecular weight is 370 g/mol. The number of halogens is 1. The smallest absolute Gasteiger partial charge is 0.270 e. The van der Waals surface area contributed by atoms with Crippen LogP contribution >= 0.6 is 11.6 Å². The molecule has 0 radical (unpaired) electrons. The molecule has 2 heterocycles. The summed E-state index contributed by atoms with van der Waals surface area (Å²) in [6.07, 6.45) is 4.35. The Morgan fingerprint density at radius 2 is 2.00 bits per heavy atom. The molecule has 1 N–H and O–H groups in total. The van der Waals surface area contributed by atoms with E-state index in [1.54, 1.807) is 10.6 Å². The molecule has 6 nitrogen and oxygen atoms in total. The normalized spacial score (nSPS) is 15.8. The predicted octanol–water partition coefficient (Wildman–Crippen LogP) is 3.71. The zero-order valence-corrected chi connectivity index (χ0v) is 15.5. The van der Waals surface area contributed by atoms with Crippen molar-refractivity contribution < 1.29 is 4.79 Å². The van der Waals surface area contributed by atoms with Crippen LogP contribution in [0.4, 0.5) is 0 Å². The molecule has 4 rings (SSSR count). The summed E-state index contributed by atoms with van der Waals surface area (Å²) in [5.74, 6) is 0.449. The highest BCUT2D eigenvalue weighted by molar-refractivity contribution is 6.30. The molecule has 0 bridgehead atoms. The lowest BCUT2D eigenvalue weighted by molar-refractivity contribution is 0.0818. The first-order chi connectivity index (χ1) is 12.5. The Bertz CT molecular complexity index is 960. The number of benzene rings is 1. The Labute approximate surface area is 156 Å². The number of rotatable bonds is 4. The minimum absolute atomic E-state index is 0.188. The van der Waals surface area contributed by atoms with Crippen LogP contribution in [0, 0.1) is 0 Å². The Kier molecular flexibility index (Phi) is 4.15. The summed E-state index contributed by atoms with van der Waals surface area (Å²) in [5, 5.41) is 8.09. The van der Waals surface area contributed by atoms with Gasteiger partial charge in [0, 0.05) is 5.02 Å². The van der Waals surface area contributed by atoms with E-state index in [4.69, 9.17) is 11.6 Å². The molecule has 26 heavy (non-hydrogen) atoms. The lowest BCUT2D eigenvalue weighted by Gasteiger charge is -2.43. The average Bonchev–Trinajstić information content (AvgIpc) is 3.06. The van der Waals surface area contributed by atoms with Crippen molar-refractivity contribution in [3.63, 3.8) is 0 Å². The van der Waals surface area contributed by atoms with Gasteiger partial charge in [-0.05, 0) is 48.9 Å². The molecular weight excluding hydrogens is 350 g/mol. The fraction of sp³-hybridized carbons (Fsp3) is 0.368. The van der Waals surface area contributed by atoms with E-state index in [9.17, 15) is 4.79 Å². The number of hydrogen-bond acceptors (Lipinski definition) is 4. The largest absolute Gasteiger partial charge is 0.341 e. The zero-order chi connectivity index (χ0) is 18.3. The maximum atomic E-state index is 13.0. The standard InChI is InChI=1S/C19H20ClN5O/c1-12(2)16-10-15(23-18-21-11-22-25(16)18)17(26)24-19(8-3-9-19)13-4-6-14(20)7-5-13/h4-7,10-12H,3,8-9H2,1-2H3,(H,24,26). The van der Waals surface area contributed by atoms with Crippen molar-refractivity contribution in [2.45, 2.75) is 44.6 Å². The summed E-state index contributed by atoms with van der Waals surface area (Å²) < 4.78 is 1.68. The van der Waals surface area contributed by atoms with Crippen LogP contribution < -0.4 is 5.32 Å². The van der Waals surface area contributed by atoms with E-state index in [-0.39, 0.29) is 17.4 Å². The number of hydrogen-bond donors (Lipinski definition) is 1. The van der Waals surface area contributed by atoms with Crippen molar-refractivity contribution in [2.24, 2.45) is 0 Å². The van der Waals surface area contributed by atoms with Gasteiger partial charge in [0.2, 0.25) is 0 Å². The van der Waals surface area contributed by atoms with Crippen molar-refractivity contribution in [2.75, 3.05) is 0 Å². The summed E-state index contributed by atoms with van der Waals surface area (Å²) in [5.41, 5.74) is 2.01. The molecule has 1 fully saturated rings. The van der Waals surface area contributed by atoms with E-state index in [2.05, 4.69) is 34.2 Å². The zero-order valence-electron chi connectivity index (χ0n) is 14.7. The molecule has 7 heteroatoms. The Balaban J connectivity index is 1.67. The minimum atomic E-state index is -0.346. The van der Waals surface area contributed by atoms with Crippen LogP contribution in [-0.4, -0.2) is 25.5 Å². The number of fused-ring (bicyclic) bond motifs is 1. The fourth-order valence-corrected chi connectivity index (χ4v) is 3.56. The first kappa shape index (κ1) is 17.0. The summed E-state index contributed by atoms with van der Waals surface area (Å²) in [4.78, 5) is 21.5. The molecule has 0 saturated heterocycles. The maximum absolute atomic E-state index is 13.0.